The van der Waals surface area contributed by atoms with Gasteiger partial charge in [0.2, 0.25) is 0 Å². The predicted molar refractivity (Wildman–Crippen MR) is 84.4 cm³/mol. The number of nitrogens with zero attached hydrogens (tertiary/aromatic N) is 2. The van der Waals surface area contributed by atoms with Crippen molar-refractivity contribution >= 4 is 5.97 Å². The SMILES string of the molecule is CCc1ncncc1C(=O)OCCC1=CC[C@H]2C[C@@H]1C2(C)C. The van der Waals surface area contributed by atoms with Crippen LogP contribution in [0.5, 0.6) is 0 Å². The molecule has 2 atom stereocenters. The Bertz CT molecular complexity index is 607. The van der Waals surface area contributed by atoms with E-state index in [0.717, 1.165) is 18.0 Å². The minimum Gasteiger partial charge on any atom is -0.462 e. The van der Waals surface area contributed by atoms with Gasteiger partial charge in [-0.05, 0) is 36.5 Å². The fourth-order valence-corrected chi connectivity index (χ4v) is 3.90. The lowest BCUT2D eigenvalue weighted by Gasteiger charge is -2.56. The monoisotopic (exact) mass is 300 g/mol. The highest BCUT2D eigenvalue weighted by atomic mass is 16.5. The largest absolute Gasteiger partial charge is 0.462 e. The summed E-state index contributed by atoms with van der Waals surface area (Å²) in [5.74, 6) is 1.22. The van der Waals surface area contributed by atoms with E-state index >= 15 is 0 Å². The molecule has 4 heteroatoms. The van der Waals surface area contributed by atoms with Crippen molar-refractivity contribution in [1.82, 2.24) is 9.97 Å². The molecule has 0 unspecified atom stereocenters. The topological polar surface area (TPSA) is 52.1 Å². The van der Waals surface area contributed by atoms with Crippen LogP contribution in [0.15, 0.2) is 24.2 Å². The molecule has 0 aromatic carbocycles. The molecule has 3 aliphatic carbocycles. The highest BCUT2D eigenvalue weighted by Crippen LogP contribution is 2.59. The summed E-state index contributed by atoms with van der Waals surface area (Å²) >= 11 is 0. The molecule has 1 saturated carbocycles. The van der Waals surface area contributed by atoms with Gasteiger partial charge in [0.1, 0.15) is 6.33 Å². The first-order valence-electron chi connectivity index (χ1n) is 8.19. The lowest BCUT2D eigenvalue weighted by molar-refractivity contribution is -0.0103. The van der Waals surface area contributed by atoms with Crippen LogP contribution in [0, 0.1) is 17.3 Å². The molecule has 0 radical (unpaired) electrons. The first-order chi connectivity index (χ1) is 10.5. The Morgan fingerprint density at radius 1 is 1.45 bits per heavy atom. The molecule has 2 bridgehead atoms. The fraction of sp³-hybridized carbons (Fsp3) is 0.611. The molecule has 118 valence electrons. The zero-order valence-corrected chi connectivity index (χ0v) is 13.6. The summed E-state index contributed by atoms with van der Waals surface area (Å²) in [6.45, 7) is 7.14. The standard InChI is InChI=1S/C18H24N2O2/c1-4-16-14(10-19-11-20-16)17(21)22-8-7-12-5-6-13-9-15(12)18(13,2)3/h5,10-11,13,15H,4,6-9H2,1-3H3/t13-,15-/m0/s1. The zero-order chi connectivity index (χ0) is 15.7. The Kier molecular flexibility index (Phi) is 4.02. The van der Waals surface area contributed by atoms with Crippen molar-refractivity contribution in [3.8, 4) is 0 Å². The number of rotatable bonds is 5. The van der Waals surface area contributed by atoms with Crippen LogP contribution in [0.4, 0.5) is 0 Å². The van der Waals surface area contributed by atoms with Crippen LogP contribution in [0.1, 0.15) is 56.1 Å². The Labute approximate surface area is 132 Å². The van der Waals surface area contributed by atoms with Crippen molar-refractivity contribution in [2.45, 2.75) is 46.5 Å². The second-order valence-electron chi connectivity index (χ2n) is 6.94. The lowest BCUT2D eigenvalue weighted by atomic mass is 9.48. The second-order valence-corrected chi connectivity index (χ2v) is 6.94. The average molecular weight is 300 g/mol. The molecular weight excluding hydrogens is 276 g/mol. The normalized spacial score (nSPS) is 25.1. The van der Waals surface area contributed by atoms with Gasteiger partial charge in [-0.3, -0.25) is 0 Å². The van der Waals surface area contributed by atoms with Crippen molar-refractivity contribution in [2.24, 2.45) is 17.3 Å². The third kappa shape index (κ3) is 2.55. The van der Waals surface area contributed by atoms with Crippen molar-refractivity contribution in [1.29, 1.82) is 0 Å². The Balaban J connectivity index is 1.55. The van der Waals surface area contributed by atoms with E-state index in [9.17, 15) is 4.79 Å². The van der Waals surface area contributed by atoms with Gasteiger partial charge in [-0.2, -0.15) is 0 Å². The lowest BCUT2D eigenvalue weighted by Crippen LogP contribution is -2.48. The number of hydrogen-bond acceptors (Lipinski definition) is 4. The number of aromatic nitrogens is 2. The molecule has 0 saturated heterocycles. The van der Waals surface area contributed by atoms with Gasteiger partial charge in [-0.15, -0.1) is 0 Å². The molecule has 4 nitrogen and oxygen atoms in total. The number of hydrogen-bond donors (Lipinski definition) is 0. The third-order valence-electron chi connectivity index (χ3n) is 5.56. The van der Waals surface area contributed by atoms with E-state index in [1.54, 1.807) is 6.20 Å². The molecule has 1 aromatic heterocycles. The molecule has 1 heterocycles. The Hall–Kier alpha value is -1.71. The van der Waals surface area contributed by atoms with Crippen LogP contribution in [0.3, 0.4) is 0 Å². The van der Waals surface area contributed by atoms with Crippen molar-refractivity contribution in [2.75, 3.05) is 6.61 Å². The van der Waals surface area contributed by atoms with E-state index < -0.39 is 0 Å². The van der Waals surface area contributed by atoms with Gasteiger partial charge in [0.15, 0.2) is 0 Å². The van der Waals surface area contributed by atoms with E-state index in [4.69, 9.17) is 4.74 Å². The molecule has 1 aromatic rings. The van der Waals surface area contributed by atoms with Crippen molar-refractivity contribution in [3.05, 3.63) is 35.4 Å². The molecule has 1 fully saturated rings. The van der Waals surface area contributed by atoms with Gasteiger partial charge in [0, 0.05) is 12.6 Å². The molecule has 3 aliphatic rings. The minimum absolute atomic E-state index is 0.306. The molecule has 22 heavy (non-hydrogen) atoms. The smallest absolute Gasteiger partial charge is 0.341 e. The maximum Gasteiger partial charge on any atom is 0.341 e. The molecule has 0 N–H and O–H groups in total. The Morgan fingerprint density at radius 2 is 2.27 bits per heavy atom. The molecule has 0 spiro atoms. The van der Waals surface area contributed by atoms with E-state index in [0.29, 0.717) is 29.9 Å². The van der Waals surface area contributed by atoms with Gasteiger partial charge >= 0.3 is 5.97 Å². The number of aryl methyl sites for hydroxylation is 1. The van der Waals surface area contributed by atoms with Gasteiger partial charge in [-0.1, -0.05) is 32.4 Å². The molecular formula is C18H24N2O2. The quantitative estimate of drug-likeness (QED) is 0.616. The van der Waals surface area contributed by atoms with Crippen LogP contribution in [0.2, 0.25) is 0 Å². The van der Waals surface area contributed by atoms with Gasteiger partial charge in [0.25, 0.3) is 0 Å². The summed E-state index contributed by atoms with van der Waals surface area (Å²) in [5, 5.41) is 0. The zero-order valence-electron chi connectivity index (χ0n) is 13.6. The van der Waals surface area contributed by atoms with E-state index in [1.807, 2.05) is 6.92 Å². The van der Waals surface area contributed by atoms with Crippen LogP contribution >= 0.6 is 0 Å². The molecule has 0 aliphatic heterocycles. The number of ether oxygens (including phenoxy) is 1. The Morgan fingerprint density at radius 3 is 2.95 bits per heavy atom. The summed E-state index contributed by atoms with van der Waals surface area (Å²) in [6.07, 6.45) is 9.42. The average Bonchev–Trinajstić information content (AvgIpc) is 2.54. The first kappa shape index (κ1) is 15.2. The number of carbonyl (C=O) groups excluding carboxylic acids is 1. The highest BCUT2D eigenvalue weighted by Gasteiger charge is 2.50. The summed E-state index contributed by atoms with van der Waals surface area (Å²) in [4.78, 5) is 20.2. The number of allylic oxidation sites excluding steroid dienone is 1. The second kappa shape index (κ2) is 5.82. The van der Waals surface area contributed by atoms with Crippen LogP contribution in [-0.4, -0.2) is 22.5 Å². The van der Waals surface area contributed by atoms with Crippen LogP contribution in [-0.2, 0) is 11.2 Å². The van der Waals surface area contributed by atoms with E-state index in [1.165, 1.54) is 24.7 Å². The van der Waals surface area contributed by atoms with Gasteiger partial charge < -0.3 is 4.74 Å². The van der Waals surface area contributed by atoms with Gasteiger partial charge in [-0.25, -0.2) is 14.8 Å². The third-order valence-corrected chi connectivity index (χ3v) is 5.56. The predicted octanol–water partition coefficient (Wildman–Crippen LogP) is 3.58. The maximum atomic E-state index is 12.2. The number of carbonyl (C=O) groups is 1. The van der Waals surface area contributed by atoms with E-state index in [-0.39, 0.29) is 5.97 Å². The van der Waals surface area contributed by atoms with Crippen LogP contribution < -0.4 is 0 Å². The summed E-state index contributed by atoms with van der Waals surface area (Å²) < 4.78 is 5.45. The summed E-state index contributed by atoms with van der Waals surface area (Å²) in [5.41, 5.74) is 3.14. The molecule has 0 amide bonds. The fourth-order valence-electron chi connectivity index (χ4n) is 3.90. The maximum absolute atomic E-state index is 12.2. The van der Waals surface area contributed by atoms with Crippen LogP contribution in [0.25, 0.3) is 0 Å². The molecule has 4 rings (SSSR count). The minimum atomic E-state index is -0.306. The van der Waals surface area contributed by atoms with E-state index in [2.05, 4.69) is 29.9 Å². The first-order valence-corrected chi connectivity index (χ1v) is 8.19. The number of fused-ring (bicyclic) bond motifs is 1. The number of esters is 1. The van der Waals surface area contributed by atoms with Crippen molar-refractivity contribution < 1.29 is 9.53 Å². The summed E-state index contributed by atoms with van der Waals surface area (Å²) in [7, 11) is 0. The van der Waals surface area contributed by atoms with Gasteiger partial charge in [0.05, 0.1) is 17.9 Å². The summed E-state index contributed by atoms with van der Waals surface area (Å²) in [6, 6.07) is 0. The van der Waals surface area contributed by atoms with Crippen molar-refractivity contribution in [3.63, 3.8) is 0 Å². The highest BCUT2D eigenvalue weighted by molar-refractivity contribution is 5.90.